The number of ether oxygens (including phenoxy) is 1. The number of rotatable bonds is 7. The first-order chi connectivity index (χ1) is 16.8. The second kappa shape index (κ2) is 10.0. The number of halogens is 3. The number of carboxylic acid groups (broad SMARTS) is 1. The molecule has 12 heteroatoms. The summed E-state index contributed by atoms with van der Waals surface area (Å²) in [5.74, 6) is -1.28. The Kier molecular flexibility index (Phi) is 7.33. The summed E-state index contributed by atoms with van der Waals surface area (Å²) >= 11 is 1.37. The molecular weight excluding hydrogens is 517 g/mol. The molecule has 2 unspecified atom stereocenters. The minimum absolute atomic E-state index is 0.118. The Morgan fingerprint density at radius 3 is 2.33 bits per heavy atom. The molecule has 194 valence electrons. The Morgan fingerprint density at radius 2 is 1.75 bits per heavy atom. The van der Waals surface area contributed by atoms with Gasteiger partial charge < -0.3 is 9.84 Å². The van der Waals surface area contributed by atoms with E-state index in [1.54, 1.807) is 35.7 Å². The molecule has 1 fully saturated rings. The van der Waals surface area contributed by atoms with Crippen molar-refractivity contribution in [3.05, 3.63) is 59.0 Å². The number of sulfonamides is 1. The van der Waals surface area contributed by atoms with Gasteiger partial charge in [-0.3, -0.25) is 9.69 Å². The number of benzene rings is 2. The third-order valence-electron chi connectivity index (χ3n) is 6.02. The number of piperazine rings is 1. The van der Waals surface area contributed by atoms with E-state index < -0.39 is 22.4 Å². The zero-order valence-electron chi connectivity index (χ0n) is 19.5. The second-order valence-corrected chi connectivity index (χ2v) is 11.7. The Bertz CT molecular complexity index is 1340. The van der Waals surface area contributed by atoms with Crippen molar-refractivity contribution in [1.82, 2.24) is 9.21 Å². The van der Waals surface area contributed by atoms with Gasteiger partial charge in [0, 0.05) is 36.4 Å². The van der Waals surface area contributed by atoms with Gasteiger partial charge in [-0.2, -0.15) is 4.31 Å². The third-order valence-corrected chi connectivity index (χ3v) is 9.16. The normalized spacial score (nSPS) is 20.0. The summed E-state index contributed by atoms with van der Waals surface area (Å²) in [7, 11) is -3.85. The molecule has 2 aromatic carbocycles. The zero-order valence-corrected chi connectivity index (χ0v) is 21.2. The van der Waals surface area contributed by atoms with Crippen LogP contribution in [0.5, 0.6) is 5.75 Å². The van der Waals surface area contributed by atoms with Crippen molar-refractivity contribution in [2.75, 3.05) is 13.1 Å². The Balaban J connectivity index is 1.49. The SMILES string of the molecule is CC1CN(Cc2ccc(OC(F)(F)F)cc2)CC(C)N1S(=O)(=O)c1ccc2scc(CC(=O)O)c2c1. The molecule has 0 saturated carbocycles. The van der Waals surface area contributed by atoms with Crippen LogP contribution in [0.2, 0.25) is 0 Å². The van der Waals surface area contributed by atoms with E-state index in [1.807, 2.05) is 13.8 Å². The van der Waals surface area contributed by atoms with E-state index in [2.05, 4.69) is 9.64 Å². The summed E-state index contributed by atoms with van der Waals surface area (Å²) in [6, 6.07) is 9.73. The fourth-order valence-electron chi connectivity index (χ4n) is 4.72. The summed E-state index contributed by atoms with van der Waals surface area (Å²) in [5, 5.41) is 11.5. The Morgan fingerprint density at radius 1 is 1.11 bits per heavy atom. The van der Waals surface area contributed by atoms with Gasteiger partial charge in [0.15, 0.2) is 0 Å². The lowest BCUT2D eigenvalue weighted by Crippen LogP contribution is -2.58. The fourth-order valence-corrected chi connectivity index (χ4v) is 7.49. The van der Waals surface area contributed by atoms with E-state index in [9.17, 15) is 26.4 Å². The van der Waals surface area contributed by atoms with Crippen LogP contribution in [-0.4, -0.2) is 60.2 Å². The molecule has 1 aliphatic rings. The Hall–Kier alpha value is -2.67. The maximum atomic E-state index is 13.6. The predicted molar refractivity (Wildman–Crippen MR) is 130 cm³/mol. The fraction of sp³-hybridized carbons (Fsp3) is 0.375. The van der Waals surface area contributed by atoms with Gasteiger partial charge in [-0.15, -0.1) is 24.5 Å². The number of hydrogen-bond donors (Lipinski definition) is 1. The lowest BCUT2D eigenvalue weighted by atomic mass is 10.1. The minimum Gasteiger partial charge on any atom is -0.481 e. The van der Waals surface area contributed by atoms with Crippen LogP contribution in [0.25, 0.3) is 10.1 Å². The topological polar surface area (TPSA) is 87.2 Å². The maximum absolute atomic E-state index is 13.6. The van der Waals surface area contributed by atoms with E-state index in [0.717, 1.165) is 10.3 Å². The van der Waals surface area contributed by atoms with Crippen molar-refractivity contribution in [1.29, 1.82) is 0 Å². The van der Waals surface area contributed by atoms with Gasteiger partial charge >= 0.3 is 12.3 Å². The number of fused-ring (bicyclic) bond motifs is 1. The Labute approximate surface area is 210 Å². The number of thiophene rings is 1. The van der Waals surface area contributed by atoms with Crippen molar-refractivity contribution < 1.29 is 36.2 Å². The highest BCUT2D eigenvalue weighted by Crippen LogP contribution is 2.32. The molecule has 1 N–H and O–H groups in total. The monoisotopic (exact) mass is 542 g/mol. The molecule has 0 spiro atoms. The van der Waals surface area contributed by atoms with Crippen molar-refractivity contribution in [3.8, 4) is 5.75 Å². The standard InChI is InChI=1S/C24H25F3N2O5S2/c1-15-11-28(13-17-3-5-19(6-4-17)34-24(25,26)27)12-16(2)29(15)36(32,33)20-7-8-22-21(10-20)18(14-35-22)9-23(30)31/h3-8,10,14-16H,9,11-13H2,1-2H3,(H,30,31). The number of hydrogen-bond acceptors (Lipinski definition) is 6. The molecule has 36 heavy (non-hydrogen) atoms. The lowest BCUT2D eigenvalue weighted by molar-refractivity contribution is -0.274. The highest BCUT2D eigenvalue weighted by Gasteiger charge is 2.38. The van der Waals surface area contributed by atoms with Crippen LogP contribution in [0.4, 0.5) is 13.2 Å². The molecule has 0 bridgehead atoms. The minimum atomic E-state index is -4.75. The van der Waals surface area contributed by atoms with Gasteiger partial charge in [-0.1, -0.05) is 12.1 Å². The van der Waals surface area contributed by atoms with Gasteiger partial charge in [0.25, 0.3) is 0 Å². The molecule has 0 amide bonds. The second-order valence-electron chi connectivity index (χ2n) is 8.91. The average molecular weight is 543 g/mol. The number of alkyl halides is 3. The molecule has 1 aromatic heterocycles. The van der Waals surface area contributed by atoms with Gasteiger partial charge in [-0.05, 0) is 66.1 Å². The summed E-state index contributed by atoms with van der Waals surface area (Å²) in [5.41, 5.74) is 1.37. The van der Waals surface area contributed by atoms with Crippen LogP contribution >= 0.6 is 11.3 Å². The zero-order chi connectivity index (χ0) is 26.3. The van der Waals surface area contributed by atoms with Gasteiger partial charge in [0.2, 0.25) is 10.0 Å². The number of aliphatic carboxylic acids is 1. The van der Waals surface area contributed by atoms with Crippen molar-refractivity contribution in [2.45, 2.75) is 50.2 Å². The van der Waals surface area contributed by atoms with Crippen LogP contribution in [0.15, 0.2) is 52.7 Å². The van der Waals surface area contributed by atoms with Crippen LogP contribution in [0, 0.1) is 0 Å². The van der Waals surface area contributed by atoms with Crippen LogP contribution in [0.3, 0.4) is 0 Å². The van der Waals surface area contributed by atoms with Gasteiger partial charge in [0.05, 0.1) is 11.3 Å². The molecule has 1 saturated heterocycles. The first kappa shape index (κ1) is 26.4. The lowest BCUT2D eigenvalue weighted by Gasteiger charge is -2.43. The highest BCUT2D eigenvalue weighted by atomic mass is 32.2. The van der Waals surface area contributed by atoms with E-state index >= 15 is 0 Å². The number of carboxylic acids is 1. The average Bonchev–Trinajstić information content (AvgIpc) is 3.15. The van der Waals surface area contributed by atoms with Gasteiger partial charge in [0.1, 0.15) is 5.75 Å². The highest BCUT2D eigenvalue weighted by molar-refractivity contribution is 7.89. The van der Waals surface area contributed by atoms with E-state index in [-0.39, 0.29) is 29.1 Å². The first-order valence-corrected chi connectivity index (χ1v) is 13.5. The molecular formula is C24H25F3N2O5S2. The smallest absolute Gasteiger partial charge is 0.481 e. The van der Waals surface area contributed by atoms with Crippen molar-refractivity contribution in [2.24, 2.45) is 0 Å². The van der Waals surface area contributed by atoms with Crippen molar-refractivity contribution in [3.63, 3.8) is 0 Å². The number of carbonyl (C=O) groups is 1. The van der Waals surface area contributed by atoms with Gasteiger partial charge in [-0.25, -0.2) is 8.42 Å². The summed E-state index contributed by atoms with van der Waals surface area (Å²) in [6.45, 7) is 4.97. The largest absolute Gasteiger partial charge is 0.573 e. The van der Waals surface area contributed by atoms with E-state index in [1.165, 1.54) is 27.8 Å². The summed E-state index contributed by atoms with van der Waals surface area (Å²) in [6.07, 6.45) is -4.93. The molecule has 0 radical (unpaired) electrons. The predicted octanol–water partition coefficient (Wildman–Crippen LogP) is 4.71. The molecule has 3 aromatic rings. The molecule has 2 heterocycles. The van der Waals surface area contributed by atoms with Crippen LogP contribution in [-0.2, 0) is 27.8 Å². The van der Waals surface area contributed by atoms with E-state index in [0.29, 0.717) is 30.6 Å². The summed E-state index contributed by atoms with van der Waals surface area (Å²) in [4.78, 5) is 13.4. The molecule has 7 nitrogen and oxygen atoms in total. The van der Waals surface area contributed by atoms with Crippen molar-refractivity contribution >= 4 is 37.4 Å². The molecule has 2 atom stereocenters. The van der Waals surface area contributed by atoms with Crippen LogP contribution in [0.1, 0.15) is 25.0 Å². The molecule has 1 aliphatic heterocycles. The first-order valence-electron chi connectivity index (χ1n) is 11.2. The quantitative estimate of drug-likeness (QED) is 0.465. The van der Waals surface area contributed by atoms with E-state index in [4.69, 9.17) is 5.11 Å². The molecule has 0 aliphatic carbocycles. The van der Waals surface area contributed by atoms with Crippen LogP contribution < -0.4 is 4.74 Å². The summed E-state index contributed by atoms with van der Waals surface area (Å²) < 4.78 is 70.6. The third kappa shape index (κ3) is 5.83. The maximum Gasteiger partial charge on any atom is 0.573 e. The number of nitrogens with zero attached hydrogens (tertiary/aromatic N) is 2. The molecule has 4 rings (SSSR count).